The van der Waals surface area contributed by atoms with Crippen molar-refractivity contribution >= 4 is 21.0 Å². The molecule has 8 nitrogen and oxygen atoms in total. The maximum atomic E-state index is 13.0. The van der Waals surface area contributed by atoms with Crippen LogP contribution >= 0.6 is 0 Å². The van der Waals surface area contributed by atoms with Crippen LogP contribution < -0.4 is 0 Å². The third-order valence-corrected chi connectivity index (χ3v) is 7.31. The topological polar surface area (TPSA) is 98.7 Å². The molecule has 0 N–H and O–H groups in total. The fraction of sp³-hybridized carbons (Fsp3) is 0.273. The number of benzene rings is 2. The molecule has 0 unspecified atom stereocenters. The molecular weight excluding hydrogens is 418 g/mol. The van der Waals surface area contributed by atoms with E-state index in [0.717, 1.165) is 16.7 Å². The number of hydrogen-bond donors (Lipinski definition) is 0. The number of aryl methyl sites for hydroxylation is 2. The second kappa shape index (κ2) is 7.60. The first-order chi connectivity index (χ1) is 14.9. The van der Waals surface area contributed by atoms with Gasteiger partial charge in [0.05, 0.1) is 18.1 Å². The third kappa shape index (κ3) is 3.54. The van der Waals surface area contributed by atoms with Crippen molar-refractivity contribution in [2.24, 2.45) is 0 Å². The summed E-state index contributed by atoms with van der Waals surface area (Å²) in [7, 11) is -3.60. The Labute approximate surface area is 179 Å². The van der Waals surface area contributed by atoms with Crippen LogP contribution in [0.1, 0.15) is 11.1 Å². The van der Waals surface area contributed by atoms with E-state index in [1.54, 1.807) is 18.2 Å². The van der Waals surface area contributed by atoms with Crippen LogP contribution in [-0.4, -0.2) is 49.2 Å². The number of morpholine rings is 1. The molecule has 0 radical (unpaired) electrons. The first-order valence-corrected chi connectivity index (χ1v) is 11.4. The zero-order chi connectivity index (χ0) is 21.6. The van der Waals surface area contributed by atoms with Gasteiger partial charge in [0.1, 0.15) is 5.58 Å². The number of aromatic nitrogens is 2. The smallest absolute Gasteiger partial charge is 0.294 e. The molecule has 9 heteroatoms. The molecule has 0 bridgehead atoms. The Kier molecular flexibility index (Phi) is 4.88. The van der Waals surface area contributed by atoms with Crippen LogP contribution in [-0.2, 0) is 14.8 Å². The van der Waals surface area contributed by atoms with Crippen molar-refractivity contribution in [3.63, 3.8) is 0 Å². The van der Waals surface area contributed by atoms with Crippen molar-refractivity contribution in [2.75, 3.05) is 26.3 Å². The van der Waals surface area contributed by atoms with E-state index in [4.69, 9.17) is 13.7 Å². The molecule has 0 aliphatic carbocycles. The second-order valence-corrected chi connectivity index (χ2v) is 9.46. The summed E-state index contributed by atoms with van der Waals surface area (Å²) >= 11 is 0. The summed E-state index contributed by atoms with van der Waals surface area (Å²) in [6.07, 6.45) is 0. The van der Waals surface area contributed by atoms with Crippen LogP contribution in [0.15, 0.2) is 56.3 Å². The van der Waals surface area contributed by atoms with Gasteiger partial charge in [-0.3, -0.25) is 0 Å². The molecule has 160 valence electrons. The van der Waals surface area contributed by atoms with Gasteiger partial charge in [-0.25, -0.2) is 8.42 Å². The summed E-state index contributed by atoms with van der Waals surface area (Å²) < 4.78 is 44.1. The van der Waals surface area contributed by atoms with Gasteiger partial charge in [-0.05, 0) is 38.1 Å². The number of nitrogens with zero attached hydrogens (tertiary/aromatic N) is 3. The zero-order valence-electron chi connectivity index (χ0n) is 17.2. The fourth-order valence-electron chi connectivity index (χ4n) is 3.72. The molecular formula is C22H21N3O5S. The molecule has 0 saturated carbocycles. The summed E-state index contributed by atoms with van der Waals surface area (Å²) in [4.78, 5) is 4.71. The summed E-state index contributed by atoms with van der Waals surface area (Å²) in [5, 5.41) is 4.77. The Balaban J connectivity index is 1.52. The number of hydrogen-bond acceptors (Lipinski definition) is 7. The van der Waals surface area contributed by atoms with E-state index >= 15 is 0 Å². The van der Waals surface area contributed by atoms with E-state index in [1.165, 1.54) is 4.31 Å². The van der Waals surface area contributed by atoms with Gasteiger partial charge in [0.15, 0.2) is 5.76 Å². The minimum absolute atomic E-state index is 0.225. The monoisotopic (exact) mass is 439 g/mol. The molecule has 4 aromatic rings. The zero-order valence-corrected chi connectivity index (χ0v) is 18.0. The van der Waals surface area contributed by atoms with Crippen molar-refractivity contribution in [3.8, 4) is 23.0 Å². The van der Waals surface area contributed by atoms with E-state index in [9.17, 15) is 8.42 Å². The highest BCUT2D eigenvalue weighted by Gasteiger charge is 2.28. The second-order valence-electron chi connectivity index (χ2n) is 7.52. The Morgan fingerprint density at radius 2 is 1.84 bits per heavy atom. The SMILES string of the molecule is Cc1cccc(-c2noc(-c3oc4ccc(S(=O)(=O)N5CCOCC5)cc4c3C)n2)c1. The summed E-state index contributed by atoms with van der Waals surface area (Å²) in [6.45, 7) is 5.34. The number of fused-ring (bicyclic) bond motifs is 1. The van der Waals surface area contributed by atoms with Crippen molar-refractivity contribution in [1.82, 2.24) is 14.4 Å². The van der Waals surface area contributed by atoms with E-state index < -0.39 is 10.0 Å². The number of sulfonamides is 1. The highest BCUT2D eigenvalue weighted by atomic mass is 32.2. The van der Waals surface area contributed by atoms with Crippen molar-refractivity contribution in [3.05, 3.63) is 53.6 Å². The van der Waals surface area contributed by atoms with Gasteiger partial charge in [-0.15, -0.1) is 0 Å². The molecule has 1 aliphatic heterocycles. The normalized spacial score (nSPS) is 15.5. The van der Waals surface area contributed by atoms with Crippen LogP contribution in [0.5, 0.6) is 0 Å². The lowest BCUT2D eigenvalue weighted by Gasteiger charge is -2.26. The minimum Gasteiger partial charge on any atom is -0.451 e. The van der Waals surface area contributed by atoms with Gasteiger partial charge in [-0.2, -0.15) is 9.29 Å². The third-order valence-electron chi connectivity index (χ3n) is 5.41. The van der Waals surface area contributed by atoms with Crippen LogP contribution in [0.2, 0.25) is 0 Å². The molecule has 0 spiro atoms. The van der Waals surface area contributed by atoms with Crippen molar-refractivity contribution < 1.29 is 22.1 Å². The molecule has 0 atom stereocenters. The highest BCUT2D eigenvalue weighted by Crippen LogP contribution is 2.35. The first kappa shape index (κ1) is 19.9. The van der Waals surface area contributed by atoms with Crippen LogP contribution in [0.25, 0.3) is 34.0 Å². The summed E-state index contributed by atoms with van der Waals surface area (Å²) in [5.74, 6) is 1.15. The van der Waals surface area contributed by atoms with E-state index in [0.29, 0.717) is 48.9 Å². The number of rotatable bonds is 4. The lowest BCUT2D eigenvalue weighted by atomic mass is 10.1. The van der Waals surface area contributed by atoms with Gasteiger partial charge in [0.2, 0.25) is 15.8 Å². The van der Waals surface area contributed by atoms with Gasteiger partial charge >= 0.3 is 0 Å². The number of furan rings is 1. The Bertz CT molecular complexity index is 1370. The molecule has 31 heavy (non-hydrogen) atoms. The predicted molar refractivity (Wildman–Crippen MR) is 114 cm³/mol. The molecule has 3 heterocycles. The molecule has 1 saturated heterocycles. The molecule has 5 rings (SSSR count). The molecule has 0 amide bonds. The van der Waals surface area contributed by atoms with Crippen LogP contribution in [0.4, 0.5) is 0 Å². The lowest BCUT2D eigenvalue weighted by Crippen LogP contribution is -2.40. The van der Waals surface area contributed by atoms with E-state index in [1.807, 2.05) is 38.1 Å². The van der Waals surface area contributed by atoms with Crippen LogP contribution in [0.3, 0.4) is 0 Å². The van der Waals surface area contributed by atoms with E-state index in [-0.39, 0.29) is 10.8 Å². The Morgan fingerprint density at radius 3 is 2.61 bits per heavy atom. The average Bonchev–Trinajstić information content (AvgIpc) is 3.39. The van der Waals surface area contributed by atoms with Crippen molar-refractivity contribution in [1.29, 1.82) is 0 Å². The van der Waals surface area contributed by atoms with Gasteiger partial charge in [-0.1, -0.05) is 28.9 Å². The van der Waals surface area contributed by atoms with E-state index in [2.05, 4.69) is 10.1 Å². The standard InChI is InChI=1S/C22H21N3O5S/c1-14-4-3-5-16(12-14)21-23-22(30-24-21)20-15(2)18-13-17(6-7-19(18)29-20)31(26,27)25-8-10-28-11-9-25/h3-7,12-13H,8-11H2,1-2H3. The maximum Gasteiger partial charge on any atom is 0.294 e. The lowest BCUT2D eigenvalue weighted by molar-refractivity contribution is 0.0730. The van der Waals surface area contributed by atoms with Crippen LogP contribution in [0, 0.1) is 13.8 Å². The summed E-state index contributed by atoms with van der Waals surface area (Å²) in [5.41, 5.74) is 3.25. The number of ether oxygens (including phenoxy) is 1. The minimum atomic E-state index is -3.60. The summed E-state index contributed by atoms with van der Waals surface area (Å²) in [6, 6.07) is 12.7. The largest absolute Gasteiger partial charge is 0.451 e. The molecule has 2 aromatic carbocycles. The Morgan fingerprint density at radius 1 is 1.03 bits per heavy atom. The highest BCUT2D eigenvalue weighted by molar-refractivity contribution is 7.89. The average molecular weight is 439 g/mol. The van der Waals surface area contributed by atoms with Crippen molar-refractivity contribution in [2.45, 2.75) is 18.7 Å². The first-order valence-electron chi connectivity index (χ1n) is 9.96. The maximum absolute atomic E-state index is 13.0. The Hall–Kier alpha value is -3.01. The predicted octanol–water partition coefficient (Wildman–Crippen LogP) is 3.79. The van der Waals surface area contributed by atoms with Gasteiger partial charge in [0.25, 0.3) is 5.89 Å². The van der Waals surface area contributed by atoms with Gasteiger partial charge in [0, 0.05) is 29.6 Å². The molecule has 1 aliphatic rings. The molecule has 1 fully saturated rings. The van der Waals surface area contributed by atoms with Gasteiger partial charge < -0.3 is 13.7 Å². The quantitative estimate of drug-likeness (QED) is 0.477. The fourth-order valence-corrected chi connectivity index (χ4v) is 5.15. The molecule has 2 aromatic heterocycles.